The van der Waals surface area contributed by atoms with Gasteiger partial charge in [-0.25, -0.2) is 4.79 Å². The molecule has 3 rings (SSSR count). The molecule has 0 bridgehead atoms. The molecule has 0 spiro atoms. The van der Waals surface area contributed by atoms with E-state index in [1.54, 1.807) is 4.90 Å². The average molecular weight is 385 g/mol. The quantitative estimate of drug-likeness (QED) is 0.755. The van der Waals surface area contributed by atoms with Crippen LogP contribution in [0.1, 0.15) is 58.9 Å². The fourth-order valence-corrected chi connectivity index (χ4v) is 4.08. The summed E-state index contributed by atoms with van der Waals surface area (Å²) in [4.78, 5) is 20.1. The van der Waals surface area contributed by atoms with E-state index < -0.39 is 0 Å². The number of carbonyl (C=O) groups excluding carboxylic acids is 1. The van der Waals surface area contributed by atoms with Crippen LogP contribution in [0.25, 0.3) is 10.9 Å². The minimum atomic E-state index is -0.0677. The molecule has 0 aliphatic carbocycles. The third kappa shape index (κ3) is 4.88. The lowest BCUT2D eigenvalue weighted by molar-refractivity contribution is 0.154. The number of nitrogens with zero attached hydrogens (tertiary/aromatic N) is 2. The van der Waals surface area contributed by atoms with Gasteiger partial charge in [0.05, 0.1) is 0 Å². The SMILES string of the molecule is CC(C)N(C)C(=O)Nc1ccc2[nH]cc(C3CCN(CC(C)(C)C)CC3)c2c1. The Labute approximate surface area is 169 Å². The lowest BCUT2D eigenvalue weighted by atomic mass is 9.87. The van der Waals surface area contributed by atoms with Gasteiger partial charge in [0, 0.05) is 42.4 Å². The highest BCUT2D eigenvalue weighted by Crippen LogP contribution is 2.35. The summed E-state index contributed by atoms with van der Waals surface area (Å²) in [5.41, 5.74) is 3.74. The van der Waals surface area contributed by atoms with Crippen molar-refractivity contribution in [3.8, 4) is 0 Å². The van der Waals surface area contributed by atoms with E-state index in [9.17, 15) is 4.79 Å². The molecule has 1 aliphatic heterocycles. The topological polar surface area (TPSA) is 51.4 Å². The van der Waals surface area contributed by atoms with Gasteiger partial charge in [0.1, 0.15) is 0 Å². The van der Waals surface area contributed by atoms with Gasteiger partial charge in [0.2, 0.25) is 0 Å². The van der Waals surface area contributed by atoms with Gasteiger partial charge < -0.3 is 20.1 Å². The molecule has 2 heterocycles. The summed E-state index contributed by atoms with van der Waals surface area (Å²) in [6, 6.07) is 6.26. The number of rotatable bonds is 4. The zero-order valence-corrected chi connectivity index (χ0v) is 18.3. The molecule has 28 heavy (non-hydrogen) atoms. The first kappa shape index (κ1) is 20.7. The Morgan fingerprint density at radius 1 is 1.29 bits per heavy atom. The highest BCUT2D eigenvalue weighted by molar-refractivity contribution is 5.94. The largest absolute Gasteiger partial charge is 0.361 e. The number of urea groups is 1. The molecule has 2 N–H and O–H groups in total. The number of anilines is 1. The van der Waals surface area contributed by atoms with Crippen molar-refractivity contribution in [3.05, 3.63) is 30.0 Å². The van der Waals surface area contributed by atoms with E-state index in [1.807, 2.05) is 27.0 Å². The number of hydrogen-bond acceptors (Lipinski definition) is 2. The maximum atomic E-state index is 12.4. The van der Waals surface area contributed by atoms with E-state index in [4.69, 9.17) is 0 Å². The van der Waals surface area contributed by atoms with Crippen molar-refractivity contribution in [1.82, 2.24) is 14.8 Å². The molecule has 1 aromatic carbocycles. The molecular formula is C23H36N4O. The first-order chi connectivity index (χ1) is 13.1. The Morgan fingerprint density at radius 2 is 1.96 bits per heavy atom. The highest BCUT2D eigenvalue weighted by Gasteiger charge is 2.25. The maximum absolute atomic E-state index is 12.4. The molecule has 1 fully saturated rings. The number of fused-ring (bicyclic) bond motifs is 1. The Hall–Kier alpha value is -2.01. The Bertz CT molecular complexity index is 810. The van der Waals surface area contributed by atoms with E-state index in [1.165, 1.54) is 23.8 Å². The lowest BCUT2D eigenvalue weighted by Crippen LogP contribution is -2.38. The number of H-pyrrole nitrogens is 1. The first-order valence-electron chi connectivity index (χ1n) is 10.5. The molecular weight excluding hydrogens is 348 g/mol. The normalized spacial score (nSPS) is 16.7. The summed E-state index contributed by atoms with van der Waals surface area (Å²) >= 11 is 0. The molecule has 2 amide bonds. The molecule has 1 saturated heterocycles. The second-order valence-corrected chi connectivity index (χ2v) is 9.75. The number of aromatic amines is 1. The van der Waals surface area contributed by atoms with Crippen LogP contribution in [0.2, 0.25) is 0 Å². The lowest BCUT2D eigenvalue weighted by Gasteiger charge is -2.36. The van der Waals surface area contributed by atoms with Gasteiger partial charge >= 0.3 is 6.03 Å². The Morgan fingerprint density at radius 3 is 2.57 bits per heavy atom. The van der Waals surface area contributed by atoms with Crippen molar-refractivity contribution in [3.63, 3.8) is 0 Å². The molecule has 154 valence electrons. The van der Waals surface area contributed by atoms with Crippen molar-refractivity contribution in [2.45, 2.75) is 59.4 Å². The van der Waals surface area contributed by atoms with E-state index in [-0.39, 0.29) is 12.1 Å². The van der Waals surface area contributed by atoms with Gasteiger partial charge in [-0.15, -0.1) is 0 Å². The van der Waals surface area contributed by atoms with Crippen LogP contribution in [0, 0.1) is 5.41 Å². The molecule has 1 aromatic heterocycles. The van der Waals surface area contributed by atoms with E-state index in [0.717, 1.165) is 30.8 Å². The van der Waals surface area contributed by atoms with E-state index in [0.29, 0.717) is 11.3 Å². The van der Waals surface area contributed by atoms with E-state index >= 15 is 0 Å². The zero-order chi connectivity index (χ0) is 20.5. The molecule has 0 saturated carbocycles. The molecule has 5 nitrogen and oxygen atoms in total. The molecule has 1 aliphatic rings. The third-order valence-electron chi connectivity index (χ3n) is 5.79. The third-order valence-corrected chi connectivity index (χ3v) is 5.79. The molecule has 0 radical (unpaired) electrons. The summed E-state index contributed by atoms with van der Waals surface area (Å²) in [7, 11) is 1.83. The number of likely N-dealkylation sites (tertiary alicyclic amines) is 1. The highest BCUT2D eigenvalue weighted by atomic mass is 16.2. The second kappa shape index (κ2) is 8.16. The van der Waals surface area contributed by atoms with Crippen LogP contribution >= 0.6 is 0 Å². The summed E-state index contributed by atoms with van der Waals surface area (Å²) in [6.07, 6.45) is 4.55. The van der Waals surface area contributed by atoms with Crippen molar-refractivity contribution in [2.24, 2.45) is 5.41 Å². The van der Waals surface area contributed by atoms with Gasteiger partial charge in [-0.2, -0.15) is 0 Å². The van der Waals surface area contributed by atoms with Gasteiger partial charge in [-0.1, -0.05) is 20.8 Å². The van der Waals surface area contributed by atoms with Crippen molar-refractivity contribution in [2.75, 3.05) is 32.0 Å². The summed E-state index contributed by atoms with van der Waals surface area (Å²) in [6.45, 7) is 14.4. The zero-order valence-electron chi connectivity index (χ0n) is 18.3. The summed E-state index contributed by atoms with van der Waals surface area (Å²) in [5.74, 6) is 0.578. The molecule has 5 heteroatoms. The number of amides is 2. The van der Waals surface area contributed by atoms with Crippen LogP contribution in [-0.4, -0.2) is 53.5 Å². The molecule has 2 aromatic rings. The first-order valence-corrected chi connectivity index (χ1v) is 10.5. The number of carbonyl (C=O) groups is 1. The monoisotopic (exact) mass is 384 g/mol. The number of hydrogen-bond donors (Lipinski definition) is 2. The van der Waals surface area contributed by atoms with Crippen molar-refractivity contribution in [1.29, 1.82) is 0 Å². The summed E-state index contributed by atoms with van der Waals surface area (Å²) in [5, 5.41) is 4.27. The minimum Gasteiger partial charge on any atom is -0.361 e. The second-order valence-electron chi connectivity index (χ2n) is 9.75. The van der Waals surface area contributed by atoms with Crippen LogP contribution in [-0.2, 0) is 0 Å². The fourth-order valence-electron chi connectivity index (χ4n) is 4.08. The predicted molar refractivity (Wildman–Crippen MR) is 118 cm³/mol. The van der Waals surface area contributed by atoms with Crippen LogP contribution in [0.3, 0.4) is 0 Å². The Kier molecular flexibility index (Phi) is 6.04. The number of aromatic nitrogens is 1. The van der Waals surface area contributed by atoms with Gasteiger partial charge in [-0.3, -0.25) is 0 Å². The number of piperidine rings is 1. The Balaban J connectivity index is 1.72. The number of benzene rings is 1. The van der Waals surface area contributed by atoms with Crippen LogP contribution < -0.4 is 5.32 Å². The van der Waals surface area contributed by atoms with Gasteiger partial charge in [0.25, 0.3) is 0 Å². The van der Waals surface area contributed by atoms with Crippen molar-refractivity contribution < 1.29 is 4.79 Å². The van der Waals surface area contributed by atoms with E-state index in [2.05, 4.69) is 54.3 Å². The smallest absolute Gasteiger partial charge is 0.321 e. The average Bonchev–Trinajstić information content (AvgIpc) is 3.03. The predicted octanol–water partition coefficient (Wildman–Crippen LogP) is 5.27. The van der Waals surface area contributed by atoms with Crippen LogP contribution in [0.4, 0.5) is 10.5 Å². The van der Waals surface area contributed by atoms with Crippen LogP contribution in [0.15, 0.2) is 24.4 Å². The molecule has 0 atom stereocenters. The van der Waals surface area contributed by atoms with Crippen molar-refractivity contribution >= 4 is 22.6 Å². The fraction of sp³-hybridized carbons (Fsp3) is 0.609. The maximum Gasteiger partial charge on any atom is 0.321 e. The van der Waals surface area contributed by atoms with Crippen LogP contribution in [0.5, 0.6) is 0 Å². The molecule has 0 unspecified atom stereocenters. The minimum absolute atomic E-state index is 0.0677. The van der Waals surface area contributed by atoms with Gasteiger partial charge in [-0.05, 0) is 74.9 Å². The summed E-state index contributed by atoms with van der Waals surface area (Å²) < 4.78 is 0. The van der Waals surface area contributed by atoms with Gasteiger partial charge in [0.15, 0.2) is 0 Å². The number of nitrogens with one attached hydrogen (secondary N) is 2. The standard InChI is InChI=1S/C23H36N4O/c1-16(2)26(6)22(28)25-18-7-8-21-19(13-18)20(14-24-21)17-9-11-27(12-10-17)15-23(3,4)5/h7-8,13-14,16-17,24H,9-12,15H2,1-6H3,(H,25,28).